The summed E-state index contributed by atoms with van der Waals surface area (Å²) >= 11 is 0. The van der Waals surface area contributed by atoms with Crippen molar-refractivity contribution in [3.05, 3.63) is 65.5 Å². The van der Waals surface area contributed by atoms with Gasteiger partial charge in [-0.3, -0.25) is 4.79 Å². The molecule has 0 saturated carbocycles. The van der Waals surface area contributed by atoms with Crippen LogP contribution in [0.15, 0.2) is 42.5 Å². The Balaban J connectivity index is 1.86. The van der Waals surface area contributed by atoms with Gasteiger partial charge in [-0.15, -0.1) is 0 Å². The predicted octanol–water partition coefficient (Wildman–Crippen LogP) is 3.31. The van der Waals surface area contributed by atoms with Gasteiger partial charge in [-0.2, -0.15) is 0 Å². The van der Waals surface area contributed by atoms with Crippen molar-refractivity contribution in [3.8, 4) is 5.75 Å². The lowest BCUT2D eigenvalue weighted by Crippen LogP contribution is -2.20. The number of amides is 1. The predicted molar refractivity (Wildman–Crippen MR) is 87.9 cm³/mol. The van der Waals surface area contributed by atoms with E-state index in [4.69, 9.17) is 4.74 Å². The molecule has 8 heteroatoms. The zero-order chi connectivity index (χ0) is 19.1. The van der Waals surface area contributed by atoms with E-state index in [0.29, 0.717) is 11.6 Å². The van der Waals surface area contributed by atoms with Crippen LogP contribution in [0.25, 0.3) is 6.08 Å². The number of nitrogens with one attached hydrogen (secondary N) is 1. The van der Waals surface area contributed by atoms with Gasteiger partial charge in [-0.1, -0.05) is 6.07 Å². The van der Waals surface area contributed by atoms with Gasteiger partial charge in [-0.05, 0) is 35.9 Å². The largest absolute Gasteiger partial charge is 0.494 e. The number of esters is 1. The number of benzene rings is 2. The van der Waals surface area contributed by atoms with Crippen molar-refractivity contribution in [2.75, 3.05) is 19.0 Å². The second-order valence-electron chi connectivity index (χ2n) is 5.01. The summed E-state index contributed by atoms with van der Waals surface area (Å²) in [5.41, 5.74) is 0.148. The third-order valence-electron chi connectivity index (χ3n) is 3.14. The molecule has 0 fully saturated rings. The molecule has 136 valence electrons. The average Bonchev–Trinajstić information content (AvgIpc) is 2.60. The Kier molecular flexibility index (Phi) is 6.37. The van der Waals surface area contributed by atoms with Crippen LogP contribution in [0.1, 0.15) is 5.56 Å². The topological polar surface area (TPSA) is 64.6 Å². The number of carbonyl (C=O) groups is 2. The quantitative estimate of drug-likeness (QED) is 0.630. The van der Waals surface area contributed by atoms with Crippen LogP contribution in [0.3, 0.4) is 0 Å². The van der Waals surface area contributed by atoms with Crippen LogP contribution in [0, 0.1) is 17.5 Å². The minimum Gasteiger partial charge on any atom is -0.494 e. The summed E-state index contributed by atoms with van der Waals surface area (Å²) in [5.74, 6) is -3.92. The van der Waals surface area contributed by atoms with Crippen LogP contribution in [-0.4, -0.2) is 25.6 Å². The van der Waals surface area contributed by atoms with Gasteiger partial charge in [0.15, 0.2) is 18.2 Å². The van der Waals surface area contributed by atoms with Gasteiger partial charge in [0.25, 0.3) is 5.91 Å². The van der Waals surface area contributed by atoms with Gasteiger partial charge in [0.2, 0.25) is 0 Å². The van der Waals surface area contributed by atoms with Gasteiger partial charge in [0.1, 0.15) is 11.6 Å². The van der Waals surface area contributed by atoms with Crippen LogP contribution in [-0.2, 0) is 14.3 Å². The van der Waals surface area contributed by atoms with Crippen molar-refractivity contribution in [3.63, 3.8) is 0 Å². The van der Waals surface area contributed by atoms with Crippen LogP contribution < -0.4 is 10.1 Å². The zero-order valence-corrected chi connectivity index (χ0v) is 13.6. The standard InChI is InChI=1S/C18H14F3NO4/c1-25-16-6-2-11(8-14(16)21)3-7-18(24)26-10-17(23)22-15-5-4-12(19)9-13(15)20/h2-9H,10H2,1H3,(H,22,23)/b7-3+. The molecule has 0 bridgehead atoms. The molecular formula is C18H14F3NO4. The highest BCUT2D eigenvalue weighted by molar-refractivity contribution is 5.94. The van der Waals surface area contributed by atoms with Crippen molar-refractivity contribution in [1.29, 1.82) is 0 Å². The third kappa shape index (κ3) is 5.37. The molecule has 0 radical (unpaired) electrons. The van der Waals surface area contributed by atoms with Crippen LogP contribution in [0.5, 0.6) is 5.75 Å². The lowest BCUT2D eigenvalue weighted by Gasteiger charge is -2.06. The molecule has 0 heterocycles. The molecule has 0 spiro atoms. The van der Waals surface area contributed by atoms with Crippen LogP contribution in [0.4, 0.5) is 18.9 Å². The highest BCUT2D eigenvalue weighted by Gasteiger charge is 2.10. The Bertz CT molecular complexity index is 852. The molecular weight excluding hydrogens is 351 g/mol. The van der Waals surface area contributed by atoms with Crippen molar-refractivity contribution < 1.29 is 32.2 Å². The van der Waals surface area contributed by atoms with Gasteiger partial charge in [-0.25, -0.2) is 18.0 Å². The smallest absolute Gasteiger partial charge is 0.331 e. The number of ether oxygens (including phenoxy) is 2. The first-order chi connectivity index (χ1) is 12.4. The molecule has 2 aromatic rings. The number of hydrogen-bond donors (Lipinski definition) is 1. The van der Waals surface area contributed by atoms with Crippen molar-refractivity contribution >= 4 is 23.6 Å². The minimum absolute atomic E-state index is 0.0643. The first-order valence-electron chi connectivity index (χ1n) is 7.32. The molecule has 0 saturated heterocycles. The number of methoxy groups -OCH3 is 1. The van der Waals surface area contributed by atoms with Gasteiger partial charge >= 0.3 is 5.97 Å². The summed E-state index contributed by atoms with van der Waals surface area (Å²) in [6, 6.07) is 6.70. The summed E-state index contributed by atoms with van der Waals surface area (Å²) in [7, 11) is 1.33. The zero-order valence-electron chi connectivity index (χ0n) is 13.6. The maximum atomic E-state index is 13.5. The lowest BCUT2D eigenvalue weighted by atomic mass is 10.2. The highest BCUT2D eigenvalue weighted by atomic mass is 19.1. The fourth-order valence-electron chi connectivity index (χ4n) is 1.91. The molecule has 26 heavy (non-hydrogen) atoms. The molecule has 0 atom stereocenters. The van der Waals surface area contributed by atoms with E-state index in [1.54, 1.807) is 0 Å². The van der Waals surface area contributed by atoms with Gasteiger partial charge < -0.3 is 14.8 Å². The second-order valence-corrected chi connectivity index (χ2v) is 5.01. The summed E-state index contributed by atoms with van der Waals surface area (Å²) in [4.78, 5) is 23.2. The van der Waals surface area contributed by atoms with E-state index in [-0.39, 0.29) is 11.4 Å². The number of rotatable bonds is 6. The SMILES string of the molecule is COc1ccc(/C=C/C(=O)OCC(=O)Nc2ccc(F)cc2F)cc1F. The number of carbonyl (C=O) groups excluding carboxylic acids is 2. The fourth-order valence-corrected chi connectivity index (χ4v) is 1.91. The summed E-state index contributed by atoms with van der Waals surface area (Å²) in [5, 5.41) is 2.14. The molecule has 1 N–H and O–H groups in total. The fraction of sp³-hybridized carbons (Fsp3) is 0.111. The monoisotopic (exact) mass is 365 g/mol. The number of hydrogen-bond acceptors (Lipinski definition) is 4. The molecule has 2 rings (SSSR count). The van der Waals surface area contributed by atoms with Gasteiger partial charge in [0.05, 0.1) is 12.8 Å². The number of halogens is 3. The average molecular weight is 365 g/mol. The van der Waals surface area contributed by atoms with Crippen LogP contribution in [0.2, 0.25) is 0 Å². The summed E-state index contributed by atoms with van der Waals surface area (Å²) in [6.45, 7) is -0.670. The van der Waals surface area contributed by atoms with E-state index in [1.165, 1.54) is 25.3 Å². The second kappa shape index (κ2) is 8.70. The maximum absolute atomic E-state index is 13.5. The molecule has 0 aliphatic heterocycles. The molecule has 0 unspecified atom stereocenters. The summed E-state index contributed by atoms with van der Waals surface area (Å²) in [6.07, 6.45) is 2.30. The Hall–Kier alpha value is -3.29. The first-order valence-corrected chi connectivity index (χ1v) is 7.32. The van der Waals surface area contributed by atoms with Crippen molar-refractivity contribution in [2.24, 2.45) is 0 Å². The Morgan fingerprint density at radius 3 is 2.50 bits per heavy atom. The van der Waals surface area contributed by atoms with Crippen molar-refractivity contribution in [1.82, 2.24) is 0 Å². The Labute approximate surface area is 147 Å². The lowest BCUT2D eigenvalue weighted by molar-refractivity contribution is -0.142. The van der Waals surface area contributed by atoms with E-state index in [1.807, 2.05) is 0 Å². The van der Waals surface area contributed by atoms with E-state index in [0.717, 1.165) is 24.3 Å². The molecule has 5 nitrogen and oxygen atoms in total. The van der Waals surface area contributed by atoms with Gasteiger partial charge in [0, 0.05) is 12.1 Å². The van der Waals surface area contributed by atoms with E-state index in [2.05, 4.69) is 10.1 Å². The molecule has 1 amide bonds. The van der Waals surface area contributed by atoms with Crippen molar-refractivity contribution in [2.45, 2.75) is 0 Å². The Morgan fingerprint density at radius 2 is 1.85 bits per heavy atom. The molecule has 0 aliphatic carbocycles. The minimum atomic E-state index is -0.953. The van der Waals surface area contributed by atoms with E-state index in [9.17, 15) is 22.8 Å². The van der Waals surface area contributed by atoms with E-state index < -0.39 is 35.9 Å². The first kappa shape index (κ1) is 19.0. The van der Waals surface area contributed by atoms with E-state index >= 15 is 0 Å². The number of anilines is 1. The molecule has 0 aliphatic rings. The third-order valence-corrected chi connectivity index (χ3v) is 3.14. The summed E-state index contributed by atoms with van der Waals surface area (Å²) < 4.78 is 49.1. The highest BCUT2D eigenvalue weighted by Crippen LogP contribution is 2.18. The molecule has 2 aromatic carbocycles. The maximum Gasteiger partial charge on any atom is 0.331 e. The molecule has 0 aromatic heterocycles. The Morgan fingerprint density at radius 1 is 1.08 bits per heavy atom. The van der Waals surface area contributed by atoms with Crippen LogP contribution >= 0.6 is 0 Å². The normalized spacial score (nSPS) is 10.6.